The van der Waals surface area contributed by atoms with Crippen molar-refractivity contribution in [3.8, 4) is 11.5 Å². The van der Waals surface area contributed by atoms with Crippen LogP contribution in [0, 0.1) is 28.9 Å². The van der Waals surface area contributed by atoms with E-state index in [-0.39, 0.29) is 41.6 Å². The van der Waals surface area contributed by atoms with E-state index >= 15 is 4.39 Å². The van der Waals surface area contributed by atoms with Crippen LogP contribution in [0.25, 0.3) is 0 Å². The van der Waals surface area contributed by atoms with Crippen LogP contribution in [-0.2, 0) is 20.9 Å². The van der Waals surface area contributed by atoms with Gasteiger partial charge in [-0.25, -0.2) is 8.78 Å². The number of hydrogen-bond acceptors (Lipinski definition) is 10. The first-order valence-corrected chi connectivity index (χ1v) is 23.3. The number of carbonyl (C=O) groups is 4. The maximum absolute atomic E-state index is 16.3. The molecule has 0 aliphatic carbocycles. The molecule has 4 amide bonds. The van der Waals surface area contributed by atoms with Gasteiger partial charge >= 0.3 is 0 Å². The van der Waals surface area contributed by atoms with Crippen molar-refractivity contribution in [1.82, 2.24) is 20.0 Å². The lowest BCUT2D eigenvalue weighted by Crippen LogP contribution is -2.63. The van der Waals surface area contributed by atoms with Gasteiger partial charge in [-0.3, -0.25) is 29.4 Å². The van der Waals surface area contributed by atoms with Gasteiger partial charge in [-0.2, -0.15) is 0 Å². The molecule has 6 aliphatic heterocycles. The molecule has 64 heavy (non-hydrogen) atoms. The van der Waals surface area contributed by atoms with E-state index in [1.54, 1.807) is 18.1 Å². The second-order valence-corrected chi connectivity index (χ2v) is 18.8. The predicted octanol–water partition coefficient (Wildman–Crippen LogP) is 6.08. The van der Waals surface area contributed by atoms with E-state index in [1.165, 1.54) is 23.1 Å². The number of fused-ring (bicyclic) bond motifs is 1. The molecule has 6 heterocycles. The Bertz CT molecular complexity index is 2280. The molecule has 0 aromatic heterocycles. The van der Waals surface area contributed by atoms with E-state index in [4.69, 9.17) is 4.74 Å². The number of imide groups is 1. The Balaban J connectivity index is 0.738. The van der Waals surface area contributed by atoms with Crippen molar-refractivity contribution >= 4 is 40.7 Å². The van der Waals surface area contributed by atoms with Crippen LogP contribution in [0.15, 0.2) is 48.5 Å². The second-order valence-electron chi connectivity index (χ2n) is 18.8. The fourth-order valence-corrected chi connectivity index (χ4v) is 11.5. The number of benzene rings is 3. The van der Waals surface area contributed by atoms with Gasteiger partial charge in [0.25, 0.3) is 5.91 Å². The summed E-state index contributed by atoms with van der Waals surface area (Å²) in [6, 6.07) is 12.1. The molecule has 3 aromatic carbocycles. The molecule has 342 valence electrons. The van der Waals surface area contributed by atoms with Gasteiger partial charge in [0.2, 0.25) is 17.7 Å². The summed E-state index contributed by atoms with van der Waals surface area (Å²) in [7, 11) is 1.55. The van der Waals surface area contributed by atoms with Gasteiger partial charge in [0.1, 0.15) is 17.6 Å². The highest BCUT2D eigenvalue weighted by Gasteiger charge is 2.61. The Morgan fingerprint density at radius 3 is 2.02 bits per heavy atom. The fraction of sp³-hybridized carbons (Fsp3) is 0.551. The number of piperazine rings is 1. The number of nitrogens with zero attached hydrogens (tertiary/aromatic N) is 6. The molecule has 3 aromatic rings. The third kappa shape index (κ3) is 7.96. The van der Waals surface area contributed by atoms with E-state index < -0.39 is 29.1 Å². The summed E-state index contributed by atoms with van der Waals surface area (Å²) >= 11 is 0. The molecule has 13 nitrogen and oxygen atoms in total. The Labute approximate surface area is 374 Å². The van der Waals surface area contributed by atoms with Gasteiger partial charge in [0, 0.05) is 101 Å². The zero-order valence-corrected chi connectivity index (χ0v) is 37.3. The molecule has 2 atom stereocenters. The standard InChI is InChI=1S/C49H61F2N7O6/c1-4-49(5-2)45(58(48(49)63)39-8-6-7-37(50)44(39)60)36-26-38(51)41(27-42(36)64-3)56-19-15-32(16-20-56)29-54-23-21-53(22-24-54)28-31-13-17-55(18-14-31)34-9-10-35-33(25-34)30-57(47(35)62)40-11-12-43(59)52-46(40)61/h6-10,25-27,31-32,40,45,60H,4-5,11-24,28-30H2,1-3H3,(H,52,59,61)/t40-,45-/m0/s1. The number of carbonyl (C=O) groups excluding carboxylic acids is 4. The van der Waals surface area contributed by atoms with E-state index in [2.05, 4.69) is 31.0 Å². The first kappa shape index (κ1) is 43.9. The quantitative estimate of drug-likeness (QED) is 0.163. The van der Waals surface area contributed by atoms with Crippen molar-refractivity contribution in [1.29, 1.82) is 0 Å². The normalized spacial score (nSPS) is 23.7. The molecule has 0 saturated carbocycles. The average molecular weight is 882 g/mol. The van der Waals surface area contributed by atoms with Crippen LogP contribution in [-0.4, -0.2) is 122 Å². The maximum atomic E-state index is 16.3. The van der Waals surface area contributed by atoms with Gasteiger partial charge < -0.3 is 34.3 Å². The number of ether oxygens (including phenoxy) is 1. The molecule has 2 N–H and O–H groups in total. The van der Waals surface area contributed by atoms with Gasteiger partial charge in [-0.05, 0) is 98.7 Å². The highest BCUT2D eigenvalue weighted by Crippen LogP contribution is 2.59. The SMILES string of the molecule is CCC1(CC)C(=O)N(c2cccc(F)c2O)[C@H]1c1cc(F)c(N2CCC(CN3CCN(CC4CCN(c5ccc6c(c5)CN([C@H]5CCC(=O)NC5=O)C6=O)CC4)CC3)CC2)cc1OC. The Kier molecular flexibility index (Phi) is 12.3. The summed E-state index contributed by atoms with van der Waals surface area (Å²) in [5.41, 5.74) is 2.92. The lowest BCUT2D eigenvalue weighted by molar-refractivity contribution is -0.141. The number of piperidine rings is 3. The third-order valence-corrected chi connectivity index (χ3v) is 15.4. The number of aromatic hydroxyl groups is 1. The summed E-state index contributed by atoms with van der Waals surface area (Å²) in [5.74, 6) is -1.22. The zero-order chi connectivity index (χ0) is 44.9. The first-order chi connectivity index (χ1) is 30.9. The summed E-state index contributed by atoms with van der Waals surface area (Å²) in [4.78, 5) is 63.7. The van der Waals surface area contributed by atoms with Crippen LogP contribution in [0.3, 0.4) is 0 Å². The predicted molar refractivity (Wildman–Crippen MR) is 239 cm³/mol. The molecule has 0 radical (unpaired) electrons. The number of methoxy groups -OCH3 is 1. The minimum absolute atomic E-state index is 0.0671. The number of nitrogens with one attached hydrogen (secondary N) is 1. The monoisotopic (exact) mass is 881 g/mol. The number of para-hydroxylation sites is 1. The smallest absolute Gasteiger partial charge is 0.255 e. The number of halogens is 2. The highest BCUT2D eigenvalue weighted by atomic mass is 19.1. The van der Waals surface area contributed by atoms with Crippen LogP contribution in [0.2, 0.25) is 0 Å². The van der Waals surface area contributed by atoms with Crippen molar-refractivity contribution in [3.05, 3.63) is 76.9 Å². The molecule has 0 spiro atoms. The zero-order valence-electron chi connectivity index (χ0n) is 37.3. The number of anilines is 3. The largest absolute Gasteiger partial charge is 0.503 e. The summed E-state index contributed by atoms with van der Waals surface area (Å²) in [5, 5.41) is 13.0. The van der Waals surface area contributed by atoms with Crippen molar-refractivity contribution in [2.24, 2.45) is 17.3 Å². The molecule has 5 fully saturated rings. The van der Waals surface area contributed by atoms with Crippen LogP contribution in [0.1, 0.15) is 92.7 Å². The summed E-state index contributed by atoms with van der Waals surface area (Å²) in [6.45, 7) is 14.0. The highest BCUT2D eigenvalue weighted by molar-refractivity contribution is 6.08. The number of hydrogen-bond donors (Lipinski definition) is 2. The number of phenolic OH excluding ortho intramolecular Hbond substituents is 1. The molecule has 15 heteroatoms. The Hall–Kier alpha value is -5.28. The first-order valence-electron chi connectivity index (χ1n) is 23.3. The van der Waals surface area contributed by atoms with Gasteiger partial charge in [0.05, 0.1) is 29.9 Å². The van der Waals surface area contributed by atoms with Gasteiger partial charge in [0.15, 0.2) is 11.6 Å². The van der Waals surface area contributed by atoms with E-state index in [0.717, 1.165) is 108 Å². The van der Waals surface area contributed by atoms with Gasteiger partial charge in [-0.1, -0.05) is 19.9 Å². The van der Waals surface area contributed by atoms with Crippen molar-refractivity contribution < 1.29 is 37.8 Å². The summed E-state index contributed by atoms with van der Waals surface area (Å²) < 4.78 is 36.6. The number of amides is 4. The van der Waals surface area contributed by atoms with Crippen LogP contribution < -0.4 is 24.8 Å². The minimum atomic E-state index is -0.842. The number of rotatable bonds is 12. The van der Waals surface area contributed by atoms with Crippen LogP contribution >= 0.6 is 0 Å². The van der Waals surface area contributed by atoms with E-state index in [0.29, 0.717) is 60.2 Å². The minimum Gasteiger partial charge on any atom is -0.503 e. The maximum Gasteiger partial charge on any atom is 0.255 e. The topological polar surface area (TPSA) is 129 Å². The number of β-lactam (4-membered cyclic amide) rings is 1. The molecule has 0 unspecified atom stereocenters. The van der Waals surface area contributed by atoms with Crippen LogP contribution in [0.4, 0.5) is 25.8 Å². The second kappa shape index (κ2) is 17.9. The van der Waals surface area contributed by atoms with E-state index in [1.807, 2.05) is 26.0 Å². The molecule has 5 saturated heterocycles. The lowest BCUT2D eigenvalue weighted by atomic mass is 9.64. The Morgan fingerprint density at radius 2 is 1.41 bits per heavy atom. The molecular weight excluding hydrogens is 821 g/mol. The Morgan fingerprint density at radius 1 is 0.766 bits per heavy atom. The van der Waals surface area contributed by atoms with E-state index in [9.17, 15) is 28.7 Å². The van der Waals surface area contributed by atoms with Crippen LogP contribution in [0.5, 0.6) is 11.5 Å². The molecule has 6 aliphatic rings. The molecule has 9 rings (SSSR count). The van der Waals surface area contributed by atoms with Crippen molar-refractivity contribution in [2.45, 2.75) is 83.8 Å². The van der Waals surface area contributed by atoms with Crippen molar-refractivity contribution in [3.63, 3.8) is 0 Å². The average Bonchev–Trinajstić information content (AvgIpc) is 3.63. The van der Waals surface area contributed by atoms with Gasteiger partial charge in [-0.15, -0.1) is 0 Å². The lowest BCUT2D eigenvalue weighted by Gasteiger charge is -2.56. The number of phenols is 1. The molecule has 0 bridgehead atoms. The molecular formula is C49H61F2N7O6. The fourth-order valence-electron chi connectivity index (χ4n) is 11.5. The van der Waals surface area contributed by atoms with Crippen molar-refractivity contribution in [2.75, 3.05) is 87.3 Å². The third-order valence-electron chi connectivity index (χ3n) is 15.4. The summed E-state index contributed by atoms with van der Waals surface area (Å²) in [6.07, 6.45) is 5.74.